The third-order valence-electron chi connectivity index (χ3n) is 22.0. The molecule has 0 aliphatic rings. The molecule has 12 aromatic heterocycles. The van der Waals surface area contributed by atoms with Crippen molar-refractivity contribution in [1.82, 2.24) is 82.2 Å². The Labute approximate surface area is 755 Å². The second kappa shape index (κ2) is 37.7. The molecule has 0 bridgehead atoms. The molecule has 4 amide bonds. The summed E-state index contributed by atoms with van der Waals surface area (Å²) in [6.07, 6.45) is 25.8. The fourth-order valence-electron chi connectivity index (χ4n) is 15.5. The second-order valence-corrected chi connectivity index (χ2v) is 31.4. The number of anilines is 4. The van der Waals surface area contributed by atoms with Crippen LogP contribution in [0.4, 0.5) is 27.1 Å². The van der Waals surface area contributed by atoms with Gasteiger partial charge < -0.3 is 26.2 Å². The quantitative estimate of drug-likeness (QED) is 0.0352. The van der Waals surface area contributed by atoms with E-state index < -0.39 is 12.6 Å². The molecule has 0 saturated heterocycles. The van der Waals surface area contributed by atoms with Crippen LogP contribution in [0.15, 0.2) is 337 Å². The molecule has 4 N–H and O–H groups in total. The van der Waals surface area contributed by atoms with E-state index in [2.05, 4.69) is 68.2 Å². The number of rotatable bonds is 18. The van der Waals surface area contributed by atoms with E-state index in [4.69, 9.17) is 11.6 Å². The van der Waals surface area contributed by atoms with Gasteiger partial charge in [-0.3, -0.25) is 76.6 Å². The minimum Gasteiger partial charge on any atom is -0.325 e. The first-order valence-electron chi connectivity index (χ1n) is 41.6. The molecule has 8 aromatic carbocycles. The Hall–Kier alpha value is -17.4. The number of nitrogens with zero attached hydrogens (tertiary/aromatic N) is 17. The van der Waals surface area contributed by atoms with E-state index >= 15 is 0 Å². The number of benzene rings is 8. The first kappa shape index (κ1) is 86.7. The highest BCUT2D eigenvalue weighted by Gasteiger charge is 2.21. The summed E-state index contributed by atoms with van der Waals surface area (Å²) in [5.41, 5.74) is 16.8. The summed E-state index contributed by atoms with van der Waals surface area (Å²) in [6.45, 7) is 10.6. The van der Waals surface area contributed by atoms with Crippen LogP contribution in [0.1, 0.15) is 22.3 Å². The molecular formula is C101H81ClFN21O8. The van der Waals surface area contributed by atoms with Crippen molar-refractivity contribution in [1.29, 1.82) is 0 Å². The van der Waals surface area contributed by atoms with E-state index in [-0.39, 0.29) is 45.8 Å². The normalized spacial score (nSPS) is 11.3. The largest absolute Gasteiger partial charge is 0.325 e. The molecule has 29 nitrogen and oxygen atoms in total. The second-order valence-electron chi connectivity index (χ2n) is 31.1. The number of aryl methyl sites for hydroxylation is 4. The van der Waals surface area contributed by atoms with Crippen LogP contribution in [0.3, 0.4) is 0 Å². The highest BCUT2D eigenvalue weighted by atomic mass is 35.5. The number of carbonyl (C=O) groups excluding carboxylic acids is 4. The monoisotopic (exact) mass is 1770 g/mol. The molecule has 0 fully saturated rings. The number of hydrogen-bond acceptors (Lipinski definition) is 17. The Balaban J connectivity index is 0.000000123. The topological polar surface area (TPSA) is 330 Å². The third-order valence-corrected chi connectivity index (χ3v) is 22.3. The van der Waals surface area contributed by atoms with E-state index in [0.29, 0.717) is 57.6 Å². The van der Waals surface area contributed by atoms with Gasteiger partial charge in [-0.25, -0.2) is 23.1 Å². The number of fused-ring (bicyclic) bond motifs is 12. The number of alkyl halides is 2. The summed E-state index contributed by atoms with van der Waals surface area (Å²) in [5.74, 6) is -1.73. The van der Waals surface area contributed by atoms with E-state index in [1.165, 1.54) is 36.4 Å². The Morgan fingerprint density at radius 3 is 0.917 bits per heavy atom. The van der Waals surface area contributed by atoms with Crippen LogP contribution in [-0.2, 0) is 19.2 Å². The number of nitrogens with one attached hydrogen (secondary N) is 4. The van der Waals surface area contributed by atoms with Gasteiger partial charge in [0, 0.05) is 177 Å². The van der Waals surface area contributed by atoms with Crippen molar-refractivity contribution >= 4 is 145 Å². The first-order valence-corrected chi connectivity index (χ1v) is 42.1. The lowest BCUT2D eigenvalue weighted by Crippen LogP contribution is -2.19. The van der Waals surface area contributed by atoms with Crippen LogP contribution in [0.25, 0.3) is 133 Å². The minimum absolute atomic E-state index is 0.148. The Kier molecular flexibility index (Phi) is 24.7. The van der Waals surface area contributed by atoms with Crippen molar-refractivity contribution in [2.24, 2.45) is 0 Å². The number of halogens is 2. The zero-order valence-electron chi connectivity index (χ0n) is 71.9. The van der Waals surface area contributed by atoms with Gasteiger partial charge in [-0.1, -0.05) is 36.9 Å². The van der Waals surface area contributed by atoms with E-state index in [9.17, 15) is 42.7 Å². The minimum atomic E-state index is -1.12. The Morgan fingerprint density at radius 1 is 0.371 bits per heavy atom. The summed E-state index contributed by atoms with van der Waals surface area (Å²) in [7, 11) is 3.88. The van der Waals surface area contributed by atoms with Gasteiger partial charge >= 0.3 is 0 Å². The van der Waals surface area contributed by atoms with Crippen molar-refractivity contribution in [3.05, 3.63) is 381 Å². The number of amides is 4. The van der Waals surface area contributed by atoms with Gasteiger partial charge in [0.25, 0.3) is 28.1 Å². The summed E-state index contributed by atoms with van der Waals surface area (Å²) in [6, 6.07) is 65.7. The van der Waals surface area contributed by atoms with Crippen LogP contribution >= 0.6 is 11.6 Å². The van der Waals surface area contributed by atoms with Crippen molar-refractivity contribution in [2.75, 3.05) is 54.5 Å². The summed E-state index contributed by atoms with van der Waals surface area (Å²) in [5, 5.41) is 34.8. The predicted octanol–water partition coefficient (Wildman–Crippen LogP) is 16.4. The molecule has 20 aromatic rings. The number of hydrogen-bond donors (Lipinski definition) is 4. The lowest BCUT2D eigenvalue weighted by molar-refractivity contribution is -0.117. The lowest BCUT2D eigenvalue weighted by Gasteiger charge is -2.15. The highest BCUT2D eigenvalue weighted by molar-refractivity contribution is 6.29. The van der Waals surface area contributed by atoms with Crippen LogP contribution < -0.4 is 43.5 Å². The number of pyridine rings is 8. The van der Waals surface area contributed by atoms with Gasteiger partial charge in [0.1, 0.15) is 5.88 Å². The molecule has 0 aliphatic carbocycles. The number of likely N-dealkylation sites (N-methyl/N-ethyl adjacent to an activating group) is 1. The molecule has 0 spiro atoms. The third kappa shape index (κ3) is 18.1. The van der Waals surface area contributed by atoms with Gasteiger partial charge in [0.05, 0.1) is 89.6 Å². The van der Waals surface area contributed by atoms with Crippen molar-refractivity contribution < 1.29 is 23.6 Å². The van der Waals surface area contributed by atoms with Crippen molar-refractivity contribution in [2.45, 2.75) is 27.7 Å². The molecular weight excluding hydrogens is 1690 g/mol. The smallest absolute Gasteiger partial charge is 0.255 e. The summed E-state index contributed by atoms with van der Waals surface area (Å²) >= 11 is 5.66. The van der Waals surface area contributed by atoms with Crippen molar-refractivity contribution in [3.8, 4) is 45.5 Å². The molecule has 31 heteroatoms. The fourth-order valence-corrected chi connectivity index (χ4v) is 15.6. The molecule has 652 valence electrons. The van der Waals surface area contributed by atoms with Gasteiger partial charge in [-0.2, -0.15) is 20.4 Å². The van der Waals surface area contributed by atoms with Crippen LogP contribution in [0.2, 0.25) is 0 Å². The molecule has 0 atom stereocenters. The number of aromatic nitrogens is 16. The average molecular weight is 1770 g/mol. The van der Waals surface area contributed by atoms with E-state index in [1.54, 1.807) is 154 Å². The molecule has 20 rings (SSSR count). The highest BCUT2D eigenvalue weighted by Crippen LogP contribution is 2.35. The van der Waals surface area contributed by atoms with Gasteiger partial charge in [-0.15, -0.1) is 11.6 Å². The van der Waals surface area contributed by atoms with Crippen LogP contribution in [0.5, 0.6) is 0 Å². The van der Waals surface area contributed by atoms with Gasteiger partial charge in [-0.05, 0) is 240 Å². The van der Waals surface area contributed by atoms with E-state index in [1.807, 2.05) is 204 Å². The molecule has 0 radical (unpaired) electrons. The Bertz CT molecular complexity index is 8000. The maximum absolute atomic E-state index is 13.2. The zero-order valence-corrected chi connectivity index (χ0v) is 72.7. The zero-order chi connectivity index (χ0) is 92.0. The molecule has 132 heavy (non-hydrogen) atoms. The maximum atomic E-state index is 13.2. The van der Waals surface area contributed by atoms with E-state index in [0.717, 1.165) is 127 Å². The maximum Gasteiger partial charge on any atom is 0.255 e. The fraction of sp³-hybridized carbons (Fsp3) is 0.0891. The van der Waals surface area contributed by atoms with Crippen LogP contribution in [-0.4, -0.2) is 139 Å². The average Bonchev–Trinajstić information content (AvgIpc) is 1.09. The Morgan fingerprint density at radius 2 is 0.652 bits per heavy atom. The molecule has 0 aliphatic heterocycles. The lowest BCUT2D eigenvalue weighted by atomic mass is 10.1. The standard InChI is InChI=1S/C28H26N6O2.C25H19N5O2.C24H18ClN5O2.C24H18FN5O2/c1-19-7-9-22(17-25(19)31-26(35)6-4-14-32(2)3)34-27(36)12-8-20-18-29-24-11-10-21(16-23(24)28(20)34)33-15-5-13-30-33;1-3-23(31)28-22-14-19(7-5-16(22)2)30-24(32)10-6-17-15-26-21-9-8-18(13-20(21)25(17)30)29-12-4-11-27-29;2*1-15-3-5-18(12-21(15)28-22(31)13-25)30-23(32)8-4-16-14-26-20-7-6-17(11-19(20)24(16)30)29-10-2-9-27-29/h4-13,15-18H,14H2,1-3H3,(H,31,35);3-15H,1H2,2H3,(H,28,31);2*2-12,14H,13H2,1H3,(H,28,31)/b6-4+;;;. The first-order chi connectivity index (χ1) is 64.0. The SMILES string of the molecule is C=CC(=O)Nc1cc(-n2c(=O)ccc3cnc4ccc(-n5cccn5)cc4c32)ccc1C.Cc1ccc(-n2c(=O)ccc3cnc4ccc(-n5cccn5)cc4c32)cc1NC(=O)/C=C/CN(C)C.Cc1ccc(-n2c(=O)ccc3cnc4ccc(-n5cccn5)cc4c32)cc1NC(=O)CCl.Cc1ccc(-n2c(=O)ccc3cnc4ccc(-n5cccn5)cc4c32)cc1NC(=O)CF. The summed E-state index contributed by atoms with van der Waals surface area (Å²) in [4.78, 5) is 121. The number of carbonyl (C=O) groups is 4. The molecule has 12 heterocycles. The molecule has 0 unspecified atom stereocenters. The van der Waals surface area contributed by atoms with Gasteiger partial charge in [0.15, 0.2) is 6.67 Å². The predicted molar refractivity (Wildman–Crippen MR) is 516 cm³/mol. The van der Waals surface area contributed by atoms with Crippen molar-refractivity contribution in [3.63, 3.8) is 0 Å². The van der Waals surface area contributed by atoms with Gasteiger partial charge in [0.2, 0.25) is 17.7 Å². The molecule has 0 saturated carbocycles. The summed E-state index contributed by atoms with van der Waals surface area (Å²) < 4.78 is 26.3. The van der Waals surface area contributed by atoms with Crippen LogP contribution in [0, 0.1) is 27.7 Å².